The lowest BCUT2D eigenvalue weighted by Crippen LogP contribution is -2.31. The maximum Gasteiger partial charge on any atom is 0.291 e. The van der Waals surface area contributed by atoms with E-state index in [0.717, 1.165) is 16.5 Å². The lowest BCUT2D eigenvalue weighted by Gasteiger charge is -2.28. The fourth-order valence-corrected chi connectivity index (χ4v) is 4.56. The first-order valence-electron chi connectivity index (χ1n) is 10.3. The third kappa shape index (κ3) is 3.28. The van der Waals surface area contributed by atoms with Gasteiger partial charge in [0.15, 0.2) is 0 Å². The number of likely N-dealkylation sites (tertiary alicyclic amines) is 1. The van der Waals surface area contributed by atoms with Gasteiger partial charge < -0.3 is 19.6 Å². The van der Waals surface area contributed by atoms with Gasteiger partial charge in [-0.3, -0.25) is 9.59 Å². The molecule has 2 unspecified atom stereocenters. The number of ketones is 1. The number of phenols is 1. The second-order valence-electron chi connectivity index (χ2n) is 7.79. The standard InChI is InChI=1S/C24H22N4O3/c29-20-9-4-2-7-17(20)22-21(18-14-26-19-8-3-1-6-16(18)19)23(30)24(31)28(22)12-5-11-27-13-10-25-15-27/h1-4,6-10,13-15,21-22,26,29H,5,11-12H2. The molecule has 5 rings (SSSR count). The lowest BCUT2D eigenvalue weighted by atomic mass is 9.86. The fourth-order valence-electron chi connectivity index (χ4n) is 4.56. The minimum atomic E-state index is -0.690. The number of Topliss-reactive ketones (excluding diaryl/α,β-unsaturated/α-hetero) is 1. The Hall–Kier alpha value is -3.87. The van der Waals surface area contributed by atoms with Gasteiger partial charge in [0.2, 0.25) is 5.78 Å². The number of aromatic hydroxyl groups is 1. The maximum atomic E-state index is 13.2. The average molecular weight is 414 g/mol. The minimum Gasteiger partial charge on any atom is -0.508 e. The minimum absolute atomic E-state index is 0.0828. The van der Waals surface area contributed by atoms with Gasteiger partial charge in [0.05, 0.1) is 18.3 Å². The van der Waals surface area contributed by atoms with E-state index in [-0.39, 0.29) is 5.75 Å². The maximum absolute atomic E-state index is 13.2. The molecule has 3 heterocycles. The summed E-state index contributed by atoms with van der Waals surface area (Å²) in [5, 5.41) is 11.5. The Bertz CT molecular complexity index is 1240. The van der Waals surface area contributed by atoms with E-state index in [2.05, 4.69) is 9.97 Å². The summed E-state index contributed by atoms with van der Waals surface area (Å²) in [6.45, 7) is 1.09. The van der Waals surface area contributed by atoms with Crippen LogP contribution in [0.25, 0.3) is 10.9 Å². The van der Waals surface area contributed by atoms with Gasteiger partial charge in [0.25, 0.3) is 5.91 Å². The normalized spacial score (nSPS) is 18.9. The molecule has 1 amide bonds. The predicted molar refractivity (Wildman–Crippen MR) is 115 cm³/mol. The zero-order chi connectivity index (χ0) is 21.4. The summed E-state index contributed by atoms with van der Waals surface area (Å²) in [7, 11) is 0. The van der Waals surface area contributed by atoms with E-state index in [4.69, 9.17) is 0 Å². The molecule has 1 fully saturated rings. The highest BCUT2D eigenvalue weighted by Crippen LogP contribution is 2.46. The molecule has 2 atom stereocenters. The molecule has 0 aliphatic carbocycles. The van der Waals surface area contributed by atoms with Gasteiger partial charge in [0, 0.05) is 48.1 Å². The SMILES string of the molecule is O=C1C(=O)N(CCCn2ccnc2)C(c2ccccc2O)C1c1c[nH]c2ccccc12. The highest BCUT2D eigenvalue weighted by atomic mass is 16.3. The number of aryl methyl sites for hydroxylation is 1. The zero-order valence-electron chi connectivity index (χ0n) is 16.8. The summed E-state index contributed by atoms with van der Waals surface area (Å²) in [6, 6.07) is 14.1. The van der Waals surface area contributed by atoms with E-state index in [0.29, 0.717) is 25.1 Å². The van der Waals surface area contributed by atoms with Crippen LogP contribution in [-0.4, -0.2) is 42.8 Å². The summed E-state index contributed by atoms with van der Waals surface area (Å²) in [5.41, 5.74) is 2.27. The van der Waals surface area contributed by atoms with E-state index < -0.39 is 23.7 Å². The first-order chi connectivity index (χ1) is 15.1. The average Bonchev–Trinajstić information content (AvgIpc) is 3.50. The number of hydrogen-bond acceptors (Lipinski definition) is 4. The number of imidazole rings is 1. The van der Waals surface area contributed by atoms with Crippen LogP contribution in [0.1, 0.15) is 29.5 Å². The van der Waals surface area contributed by atoms with Crippen molar-refractivity contribution < 1.29 is 14.7 Å². The molecule has 1 aliphatic heterocycles. The van der Waals surface area contributed by atoms with Crippen LogP contribution in [0.3, 0.4) is 0 Å². The van der Waals surface area contributed by atoms with Crippen molar-refractivity contribution in [2.45, 2.75) is 24.9 Å². The second-order valence-corrected chi connectivity index (χ2v) is 7.79. The van der Waals surface area contributed by atoms with E-state index in [1.54, 1.807) is 35.6 Å². The van der Waals surface area contributed by atoms with Crippen LogP contribution in [0.2, 0.25) is 0 Å². The third-order valence-corrected chi connectivity index (χ3v) is 5.99. The molecule has 2 aromatic heterocycles. The van der Waals surface area contributed by atoms with Crippen LogP contribution in [-0.2, 0) is 16.1 Å². The Labute approximate surface area is 179 Å². The zero-order valence-corrected chi connectivity index (χ0v) is 16.8. The molecule has 156 valence electrons. The van der Waals surface area contributed by atoms with E-state index >= 15 is 0 Å². The van der Waals surface area contributed by atoms with Crippen LogP contribution in [0.15, 0.2) is 73.4 Å². The quantitative estimate of drug-likeness (QED) is 0.473. The van der Waals surface area contributed by atoms with Gasteiger partial charge in [0.1, 0.15) is 5.75 Å². The van der Waals surface area contributed by atoms with Gasteiger partial charge in [-0.2, -0.15) is 0 Å². The number of para-hydroxylation sites is 2. The highest BCUT2D eigenvalue weighted by Gasteiger charge is 2.49. The van der Waals surface area contributed by atoms with Crippen molar-refractivity contribution in [2.75, 3.05) is 6.54 Å². The van der Waals surface area contributed by atoms with Crippen molar-refractivity contribution in [1.82, 2.24) is 19.4 Å². The predicted octanol–water partition coefficient (Wildman–Crippen LogP) is 3.40. The summed E-state index contributed by atoms with van der Waals surface area (Å²) >= 11 is 0. The van der Waals surface area contributed by atoms with Crippen molar-refractivity contribution in [1.29, 1.82) is 0 Å². The largest absolute Gasteiger partial charge is 0.508 e. The number of rotatable bonds is 6. The number of phenolic OH excluding ortho intramolecular Hbond substituents is 1. The van der Waals surface area contributed by atoms with Crippen LogP contribution in [0, 0.1) is 0 Å². The van der Waals surface area contributed by atoms with Crippen LogP contribution < -0.4 is 0 Å². The number of amides is 1. The van der Waals surface area contributed by atoms with E-state index in [1.165, 1.54) is 0 Å². The number of nitrogens with zero attached hydrogens (tertiary/aromatic N) is 3. The molecule has 0 bridgehead atoms. The number of aromatic amines is 1. The summed E-state index contributed by atoms with van der Waals surface area (Å²) in [6.07, 6.45) is 7.78. The Morgan fingerprint density at radius 2 is 1.81 bits per heavy atom. The lowest BCUT2D eigenvalue weighted by molar-refractivity contribution is -0.140. The summed E-state index contributed by atoms with van der Waals surface area (Å²) in [5.74, 6) is -1.56. The first-order valence-corrected chi connectivity index (χ1v) is 10.3. The van der Waals surface area contributed by atoms with Gasteiger partial charge in [-0.15, -0.1) is 0 Å². The first kappa shape index (κ1) is 19.1. The van der Waals surface area contributed by atoms with Crippen molar-refractivity contribution in [2.24, 2.45) is 0 Å². The molecule has 31 heavy (non-hydrogen) atoms. The molecule has 1 saturated heterocycles. The van der Waals surface area contributed by atoms with E-state index in [9.17, 15) is 14.7 Å². The Kier molecular flexibility index (Phi) is 4.78. The molecule has 7 heteroatoms. The number of nitrogens with one attached hydrogen (secondary N) is 1. The number of H-pyrrole nitrogens is 1. The monoisotopic (exact) mass is 414 g/mol. The van der Waals surface area contributed by atoms with Crippen LogP contribution >= 0.6 is 0 Å². The van der Waals surface area contributed by atoms with Crippen LogP contribution in [0.5, 0.6) is 5.75 Å². The van der Waals surface area contributed by atoms with Crippen molar-refractivity contribution in [3.8, 4) is 5.75 Å². The molecule has 0 saturated carbocycles. The second kappa shape index (κ2) is 7.75. The number of aromatic nitrogens is 3. The number of carbonyl (C=O) groups is 2. The topological polar surface area (TPSA) is 91.2 Å². The smallest absolute Gasteiger partial charge is 0.291 e. The third-order valence-electron chi connectivity index (χ3n) is 5.99. The fraction of sp³-hybridized carbons (Fsp3) is 0.208. The van der Waals surface area contributed by atoms with Crippen LogP contribution in [0.4, 0.5) is 0 Å². The van der Waals surface area contributed by atoms with Crippen molar-refractivity contribution >= 4 is 22.6 Å². The number of benzene rings is 2. The molecule has 0 spiro atoms. The molecule has 0 radical (unpaired) electrons. The number of carbonyl (C=O) groups excluding carboxylic acids is 2. The number of fused-ring (bicyclic) bond motifs is 1. The summed E-state index contributed by atoms with van der Waals surface area (Å²) < 4.78 is 1.94. The molecule has 7 nitrogen and oxygen atoms in total. The van der Waals surface area contributed by atoms with Gasteiger partial charge >= 0.3 is 0 Å². The van der Waals surface area contributed by atoms with Crippen molar-refractivity contribution in [3.63, 3.8) is 0 Å². The molecule has 2 aromatic carbocycles. The highest BCUT2D eigenvalue weighted by molar-refractivity contribution is 6.40. The van der Waals surface area contributed by atoms with E-state index in [1.807, 2.05) is 47.3 Å². The van der Waals surface area contributed by atoms with Crippen molar-refractivity contribution in [3.05, 3.63) is 84.6 Å². The Morgan fingerprint density at radius 3 is 2.61 bits per heavy atom. The molecular formula is C24H22N4O3. The molecule has 4 aromatic rings. The van der Waals surface area contributed by atoms with Gasteiger partial charge in [-0.05, 0) is 24.1 Å². The number of hydrogen-bond donors (Lipinski definition) is 2. The molecule has 2 N–H and O–H groups in total. The van der Waals surface area contributed by atoms with Gasteiger partial charge in [-0.1, -0.05) is 36.4 Å². The Morgan fingerprint density at radius 1 is 1.00 bits per heavy atom. The van der Waals surface area contributed by atoms with Gasteiger partial charge in [-0.25, -0.2) is 4.98 Å². The molecular weight excluding hydrogens is 392 g/mol. The molecule has 1 aliphatic rings. The Balaban J connectivity index is 1.55. The summed E-state index contributed by atoms with van der Waals surface area (Å²) in [4.78, 5) is 35.2.